The van der Waals surface area contributed by atoms with Crippen LogP contribution in [-0.2, 0) is 11.2 Å². The van der Waals surface area contributed by atoms with Gasteiger partial charge in [0.05, 0.1) is 24.5 Å². The van der Waals surface area contributed by atoms with Gasteiger partial charge >= 0.3 is 0 Å². The fourth-order valence-electron chi connectivity index (χ4n) is 2.63. The van der Waals surface area contributed by atoms with Crippen molar-refractivity contribution in [3.63, 3.8) is 0 Å². The monoisotopic (exact) mass is 296 g/mol. The van der Waals surface area contributed by atoms with Crippen molar-refractivity contribution in [2.24, 2.45) is 0 Å². The van der Waals surface area contributed by atoms with Crippen LogP contribution in [0.3, 0.4) is 0 Å². The minimum atomic E-state index is -0.0551. The van der Waals surface area contributed by atoms with Gasteiger partial charge in [0.15, 0.2) is 0 Å². The second-order valence-electron chi connectivity index (χ2n) is 5.53. The lowest BCUT2D eigenvalue weighted by molar-refractivity contribution is -0.115. The third kappa shape index (κ3) is 3.81. The number of carbonyl (C=O) groups is 1. The summed E-state index contributed by atoms with van der Waals surface area (Å²) in [6.45, 7) is 2.03. The minimum absolute atomic E-state index is 0.0551. The molecular formula is C17H20N4O. The van der Waals surface area contributed by atoms with Gasteiger partial charge in [-0.15, -0.1) is 0 Å². The largest absolute Gasteiger partial charge is 0.341 e. The molecule has 0 radical (unpaired) electrons. The van der Waals surface area contributed by atoms with Crippen LogP contribution < -0.4 is 10.2 Å². The molecular weight excluding hydrogens is 276 g/mol. The Balaban J connectivity index is 1.57. The number of nitrogens with zero attached hydrogens (tertiary/aromatic N) is 3. The van der Waals surface area contributed by atoms with E-state index in [4.69, 9.17) is 0 Å². The SMILES string of the molecule is O=C(Cc1ccccc1)Nc1cnc(N2CCCCC2)nc1. The molecule has 1 aromatic carbocycles. The summed E-state index contributed by atoms with van der Waals surface area (Å²) < 4.78 is 0. The Hall–Kier alpha value is -2.43. The van der Waals surface area contributed by atoms with E-state index in [0.29, 0.717) is 12.1 Å². The molecule has 3 rings (SSSR count). The second-order valence-corrected chi connectivity index (χ2v) is 5.53. The molecule has 0 aliphatic carbocycles. The fourth-order valence-corrected chi connectivity index (χ4v) is 2.63. The fraction of sp³-hybridized carbons (Fsp3) is 0.353. The molecule has 114 valence electrons. The zero-order valence-electron chi connectivity index (χ0n) is 12.5. The average Bonchev–Trinajstić information content (AvgIpc) is 2.57. The van der Waals surface area contributed by atoms with E-state index in [9.17, 15) is 4.79 Å². The molecule has 0 atom stereocenters. The molecule has 0 unspecified atom stereocenters. The van der Waals surface area contributed by atoms with E-state index in [-0.39, 0.29) is 5.91 Å². The summed E-state index contributed by atoms with van der Waals surface area (Å²) in [4.78, 5) is 22.9. The first-order valence-corrected chi connectivity index (χ1v) is 7.72. The van der Waals surface area contributed by atoms with Crippen molar-refractivity contribution in [3.05, 3.63) is 48.3 Å². The number of nitrogens with one attached hydrogen (secondary N) is 1. The lowest BCUT2D eigenvalue weighted by Gasteiger charge is -2.26. The van der Waals surface area contributed by atoms with Crippen LogP contribution in [0.2, 0.25) is 0 Å². The third-order valence-corrected chi connectivity index (χ3v) is 3.77. The van der Waals surface area contributed by atoms with E-state index in [1.807, 2.05) is 30.3 Å². The first-order valence-electron chi connectivity index (χ1n) is 7.72. The Bertz CT molecular complexity index is 606. The van der Waals surface area contributed by atoms with Crippen molar-refractivity contribution in [3.8, 4) is 0 Å². The number of piperidine rings is 1. The topological polar surface area (TPSA) is 58.1 Å². The van der Waals surface area contributed by atoms with Crippen molar-refractivity contribution >= 4 is 17.5 Å². The predicted octanol–water partition coefficient (Wildman–Crippen LogP) is 2.65. The smallest absolute Gasteiger partial charge is 0.228 e. The summed E-state index contributed by atoms with van der Waals surface area (Å²) in [6.07, 6.45) is 7.39. The molecule has 1 fully saturated rings. The highest BCUT2D eigenvalue weighted by Gasteiger charge is 2.13. The molecule has 1 amide bonds. The second kappa shape index (κ2) is 7.02. The lowest BCUT2D eigenvalue weighted by atomic mass is 10.1. The van der Waals surface area contributed by atoms with Crippen LogP contribution in [0.15, 0.2) is 42.7 Å². The van der Waals surface area contributed by atoms with Crippen molar-refractivity contribution in [1.29, 1.82) is 0 Å². The van der Waals surface area contributed by atoms with Gasteiger partial charge < -0.3 is 10.2 Å². The maximum absolute atomic E-state index is 12.0. The summed E-state index contributed by atoms with van der Waals surface area (Å²) in [5.74, 6) is 0.696. The molecule has 1 aliphatic rings. The zero-order chi connectivity index (χ0) is 15.2. The predicted molar refractivity (Wildman–Crippen MR) is 86.9 cm³/mol. The van der Waals surface area contributed by atoms with Gasteiger partial charge in [0, 0.05) is 13.1 Å². The van der Waals surface area contributed by atoms with Crippen LogP contribution in [-0.4, -0.2) is 29.0 Å². The van der Waals surface area contributed by atoms with Crippen LogP contribution in [0.25, 0.3) is 0 Å². The van der Waals surface area contributed by atoms with Crippen LogP contribution in [0.4, 0.5) is 11.6 Å². The summed E-state index contributed by atoms with van der Waals surface area (Å²) in [6, 6.07) is 9.68. The molecule has 5 heteroatoms. The molecule has 22 heavy (non-hydrogen) atoms. The summed E-state index contributed by atoms with van der Waals surface area (Å²) in [5.41, 5.74) is 1.63. The molecule has 0 saturated carbocycles. The molecule has 1 aromatic heterocycles. The number of aromatic nitrogens is 2. The van der Waals surface area contributed by atoms with Gasteiger partial charge in [0.1, 0.15) is 0 Å². The molecule has 1 aliphatic heterocycles. The van der Waals surface area contributed by atoms with E-state index < -0.39 is 0 Å². The lowest BCUT2D eigenvalue weighted by Crippen LogP contribution is -2.30. The van der Waals surface area contributed by atoms with E-state index in [0.717, 1.165) is 24.6 Å². The van der Waals surface area contributed by atoms with Gasteiger partial charge in [0.2, 0.25) is 11.9 Å². The number of amides is 1. The van der Waals surface area contributed by atoms with Crippen LogP contribution in [0.5, 0.6) is 0 Å². The third-order valence-electron chi connectivity index (χ3n) is 3.77. The van der Waals surface area contributed by atoms with Gasteiger partial charge in [-0.25, -0.2) is 9.97 Å². The highest BCUT2D eigenvalue weighted by Crippen LogP contribution is 2.16. The maximum atomic E-state index is 12.0. The van der Waals surface area contributed by atoms with Gasteiger partial charge in [-0.2, -0.15) is 0 Å². The molecule has 1 saturated heterocycles. The van der Waals surface area contributed by atoms with E-state index in [1.165, 1.54) is 19.3 Å². The van der Waals surface area contributed by atoms with Gasteiger partial charge in [-0.1, -0.05) is 30.3 Å². The molecule has 0 spiro atoms. The summed E-state index contributed by atoms with van der Waals surface area (Å²) in [7, 11) is 0. The molecule has 0 bridgehead atoms. The molecule has 5 nitrogen and oxygen atoms in total. The Kier molecular flexibility index (Phi) is 4.63. The Morgan fingerprint density at radius 1 is 1.05 bits per heavy atom. The molecule has 2 heterocycles. The number of hydrogen-bond donors (Lipinski definition) is 1. The van der Waals surface area contributed by atoms with Crippen molar-refractivity contribution in [2.75, 3.05) is 23.3 Å². The van der Waals surface area contributed by atoms with E-state index in [2.05, 4.69) is 20.2 Å². The van der Waals surface area contributed by atoms with E-state index in [1.54, 1.807) is 12.4 Å². The number of carbonyl (C=O) groups excluding carboxylic acids is 1. The van der Waals surface area contributed by atoms with E-state index >= 15 is 0 Å². The van der Waals surface area contributed by atoms with Crippen molar-refractivity contribution < 1.29 is 4.79 Å². The van der Waals surface area contributed by atoms with Gasteiger partial charge in [-0.05, 0) is 24.8 Å². The number of benzene rings is 1. The van der Waals surface area contributed by atoms with Crippen LogP contribution >= 0.6 is 0 Å². The Morgan fingerprint density at radius 2 is 1.73 bits per heavy atom. The quantitative estimate of drug-likeness (QED) is 0.942. The van der Waals surface area contributed by atoms with Crippen molar-refractivity contribution in [1.82, 2.24) is 9.97 Å². The highest BCUT2D eigenvalue weighted by atomic mass is 16.1. The molecule has 1 N–H and O–H groups in total. The Morgan fingerprint density at radius 3 is 2.41 bits per heavy atom. The maximum Gasteiger partial charge on any atom is 0.228 e. The molecule has 2 aromatic rings. The minimum Gasteiger partial charge on any atom is -0.341 e. The van der Waals surface area contributed by atoms with Gasteiger partial charge in [-0.3, -0.25) is 4.79 Å². The highest BCUT2D eigenvalue weighted by molar-refractivity contribution is 5.91. The first-order chi connectivity index (χ1) is 10.8. The standard InChI is InChI=1S/C17H20N4O/c22-16(11-14-7-3-1-4-8-14)20-15-12-18-17(19-13-15)21-9-5-2-6-10-21/h1,3-4,7-8,12-13H,2,5-6,9-11H2,(H,20,22). The van der Waals surface area contributed by atoms with Gasteiger partial charge in [0.25, 0.3) is 0 Å². The number of hydrogen-bond acceptors (Lipinski definition) is 4. The van der Waals surface area contributed by atoms with Crippen LogP contribution in [0, 0.1) is 0 Å². The first kappa shape index (κ1) is 14.5. The van der Waals surface area contributed by atoms with Crippen LogP contribution in [0.1, 0.15) is 24.8 Å². The number of anilines is 2. The average molecular weight is 296 g/mol. The zero-order valence-corrected chi connectivity index (χ0v) is 12.5. The normalized spacial score (nSPS) is 14.6. The summed E-state index contributed by atoms with van der Waals surface area (Å²) >= 11 is 0. The number of rotatable bonds is 4. The summed E-state index contributed by atoms with van der Waals surface area (Å²) in [5, 5.41) is 2.84. The van der Waals surface area contributed by atoms with Crippen molar-refractivity contribution in [2.45, 2.75) is 25.7 Å². The Labute approximate surface area is 130 Å².